The van der Waals surface area contributed by atoms with Gasteiger partial charge in [-0.15, -0.1) is 0 Å². The van der Waals surface area contributed by atoms with Crippen molar-refractivity contribution in [3.63, 3.8) is 0 Å². The van der Waals surface area contributed by atoms with Crippen LogP contribution >= 0.6 is 0 Å². The lowest BCUT2D eigenvalue weighted by molar-refractivity contribution is -0.908. The highest BCUT2D eigenvalue weighted by atomic mass is 16.5. The number of morpholine rings is 1. The number of carbonyl (C=O) groups is 2. The number of hydrogen-bond acceptors (Lipinski definition) is 6. The average Bonchev–Trinajstić information content (AvgIpc) is 3.25. The summed E-state index contributed by atoms with van der Waals surface area (Å²) >= 11 is 0. The zero-order valence-corrected chi connectivity index (χ0v) is 23.6. The number of carbonyl (C=O) groups excluding carboxylic acids is 2. The summed E-state index contributed by atoms with van der Waals surface area (Å²) in [5, 5.41) is 13.8. The fourth-order valence-electron chi connectivity index (χ4n) is 5.50. The average molecular weight is 557 g/mol. The van der Waals surface area contributed by atoms with Crippen LogP contribution in [0.25, 0.3) is 5.76 Å². The molecule has 2 aliphatic rings. The fraction of sp³-hybridized carbons (Fsp3) is 0.333. The number of likely N-dealkylation sites (tertiary alicyclic amines) is 1. The van der Waals surface area contributed by atoms with Gasteiger partial charge in [0.15, 0.2) is 0 Å². The summed E-state index contributed by atoms with van der Waals surface area (Å²) in [6.07, 6.45) is 0.712. The Labute approximate surface area is 240 Å². The first-order valence-electron chi connectivity index (χ1n) is 14.0. The molecule has 0 spiro atoms. The van der Waals surface area contributed by atoms with E-state index in [9.17, 15) is 14.7 Å². The highest BCUT2D eigenvalue weighted by Gasteiger charge is 2.44. The number of benzene rings is 3. The highest BCUT2D eigenvalue weighted by molar-refractivity contribution is 6.46. The van der Waals surface area contributed by atoms with Gasteiger partial charge in [0, 0.05) is 18.5 Å². The number of amides is 1. The van der Waals surface area contributed by atoms with Gasteiger partial charge < -0.3 is 29.1 Å². The van der Waals surface area contributed by atoms with Crippen LogP contribution in [-0.2, 0) is 20.9 Å². The first-order valence-corrected chi connectivity index (χ1v) is 14.0. The summed E-state index contributed by atoms with van der Waals surface area (Å²) in [7, 11) is 1.56. The molecule has 0 saturated carbocycles. The SMILES string of the molecule is COc1cccc(C2/C(=C(\[O-])c3ccc(OCc4cccc(C)c4)cc3)C(=O)C(=O)N2CCC[NH+]2CCOCC2)c1. The van der Waals surface area contributed by atoms with Gasteiger partial charge in [0.25, 0.3) is 5.91 Å². The minimum absolute atomic E-state index is 0.0320. The zero-order valence-electron chi connectivity index (χ0n) is 23.6. The van der Waals surface area contributed by atoms with Gasteiger partial charge in [-0.25, -0.2) is 0 Å². The Morgan fingerprint density at radius 1 is 1.00 bits per heavy atom. The summed E-state index contributed by atoms with van der Waals surface area (Å²) < 4.78 is 16.8. The van der Waals surface area contributed by atoms with Crippen molar-refractivity contribution in [2.75, 3.05) is 46.5 Å². The largest absolute Gasteiger partial charge is 0.872 e. The summed E-state index contributed by atoms with van der Waals surface area (Å²) in [5.74, 6) is -0.646. The monoisotopic (exact) mass is 556 g/mol. The normalized spacial score (nSPS) is 19.0. The molecule has 1 atom stereocenters. The van der Waals surface area contributed by atoms with Crippen LogP contribution in [-0.4, -0.2) is 63.1 Å². The quantitative estimate of drug-likeness (QED) is 0.234. The Hall–Kier alpha value is -4.14. The van der Waals surface area contributed by atoms with E-state index < -0.39 is 23.5 Å². The van der Waals surface area contributed by atoms with E-state index in [1.807, 2.05) is 31.2 Å². The molecular weight excluding hydrogens is 520 g/mol. The molecule has 0 aliphatic carbocycles. The van der Waals surface area contributed by atoms with Gasteiger partial charge in [-0.05, 0) is 47.9 Å². The van der Waals surface area contributed by atoms with Crippen molar-refractivity contribution < 1.29 is 33.8 Å². The van der Waals surface area contributed by atoms with E-state index in [2.05, 4.69) is 6.07 Å². The van der Waals surface area contributed by atoms with Crippen molar-refractivity contribution >= 4 is 17.4 Å². The zero-order chi connectivity index (χ0) is 28.8. The molecular formula is C33H36N2O6. The lowest BCUT2D eigenvalue weighted by Crippen LogP contribution is -3.14. The number of ether oxygens (including phenoxy) is 3. The maximum absolute atomic E-state index is 13.8. The van der Waals surface area contributed by atoms with E-state index in [4.69, 9.17) is 14.2 Å². The fourth-order valence-corrected chi connectivity index (χ4v) is 5.50. The van der Waals surface area contributed by atoms with Crippen LogP contribution in [0.5, 0.6) is 11.5 Å². The Balaban J connectivity index is 1.40. The molecule has 2 heterocycles. The Morgan fingerprint density at radius 3 is 2.49 bits per heavy atom. The number of aryl methyl sites for hydroxylation is 1. The van der Waals surface area contributed by atoms with E-state index in [0.717, 1.165) is 44.0 Å². The van der Waals surface area contributed by atoms with Gasteiger partial charge in [0.05, 0.1) is 32.9 Å². The summed E-state index contributed by atoms with van der Waals surface area (Å²) in [6, 6.07) is 21.2. The number of ketones is 1. The van der Waals surface area contributed by atoms with Gasteiger partial charge in [0.2, 0.25) is 5.78 Å². The lowest BCUT2D eigenvalue weighted by Gasteiger charge is -2.29. The Bertz CT molecular complexity index is 1410. The molecule has 2 aliphatic heterocycles. The molecule has 0 bridgehead atoms. The van der Waals surface area contributed by atoms with Crippen LogP contribution in [0, 0.1) is 6.92 Å². The molecule has 1 amide bonds. The molecule has 2 fully saturated rings. The Kier molecular flexibility index (Phi) is 9.01. The van der Waals surface area contributed by atoms with Crippen molar-refractivity contribution in [3.8, 4) is 11.5 Å². The van der Waals surface area contributed by atoms with E-state index >= 15 is 0 Å². The predicted molar refractivity (Wildman–Crippen MR) is 152 cm³/mol. The van der Waals surface area contributed by atoms with Gasteiger partial charge in [-0.1, -0.05) is 59.9 Å². The topological polar surface area (TPSA) is 92.6 Å². The summed E-state index contributed by atoms with van der Waals surface area (Å²) in [6.45, 7) is 6.97. The van der Waals surface area contributed by atoms with Crippen LogP contribution < -0.4 is 19.5 Å². The first kappa shape index (κ1) is 28.4. The third-order valence-electron chi connectivity index (χ3n) is 7.67. The molecule has 1 N–H and O–H groups in total. The number of rotatable bonds is 10. The highest BCUT2D eigenvalue weighted by Crippen LogP contribution is 2.39. The van der Waals surface area contributed by atoms with Crippen molar-refractivity contribution in [2.45, 2.75) is 26.0 Å². The molecule has 2 saturated heterocycles. The van der Waals surface area contributed by atoms with Crippen LogP contribution in [0.15, 0.2) is 78.4 Å². The van der Waals surface area contributed by atoms with E-state index in [-0.39, 0.29) is 5.57 Å². The summed E-state index contributed by atoms with van der Waals surface area (Å²) in [5.41, 5.74) is 3.17. The molecule has 0 radical (unpaired) electrons. The van der Waals surface area contributed by atoms with E-state index in [1.165, 1.54) is 4.90 Å². The number of Topliss-reactive ketones (excluding diaryl/α,β-unsaturated/α-hetero) is 1. The van der Waals surface area contributed by atoms with E-state index in [0.29, 0.717) is 42.2 Å². The molecule has 3 aromatic rings. The third kappa shape index (κ3) is 6.61. The van der Waals surface area contributed by atoms with Crippen LogP contribution in [0.3, 0.4) is 0 Å². The maximum Gasteiger partial charge on any atom is 0.295 e. The molecule has 8 nitrogen and oxygen atoms in total. The molecule has 41 heavy (non-hydrogen) atoms. The first-order chi connectivity index (χ1) is 19.9. The number of hydrogen-bond donors (Lipinski definition) is 1. The smallest absolute Gasteiger partial charge is 0.295 e. The number of quaternary nitrogens is 1. The van der Waals surface area contributed by atoms with Gasteiger partial charge in [-0.2, -0.15) is 0 Å². The van der Waals surface area contributed by atoms with E-state index in [1.54, 1.807) is 54.5 Å². The van der Waals surface area contributed by atoms with Crippen molar-refractivity contribution in [1.82, 2.24) is 4.90 Å². The van der Waals surface area contributed by atoms with Gasteiger partial charge >= 0.3 is 0 Å². The molecule has 3 aromatic carbocycles. The summed E-state index contributed by atoms with van der Waals surface area (Å²) in [4.78, 5) is 29.6. The Morgan fingerprint density at radius 2 is 1.76 bits per heavy atom. The minimum Gasteiger partial charge on any atom is -0.872 e. The number of nitrogens with zero attached hydrogens (tertiary/aromatic N) is 1. The second-order valence-electron chi connectivity index (χ2n) is 10.5. The third-order valence-corrected chi connectivity index (χ3v) is 7.67. The molecule has 214 valence electrons. The van der Waals surface area contributed by atoms with Gasteiger partial charge in [-0.3, -0.25) is 9.59 Å². The van der Waals surface area contributed by atoms with Crippen LogP contribution in [0.2, 0.25) is 0 Å². The number of nitrogens with one attached hydrogen (secondary N) is 1. The predicted octanol–water partition coefficient (Wildman–Crippen LogP) is 2.11. The molecule has 5 rings (SSSR count). The maximum atomic E-state index is 13.8. The minimum atomic E-state index is -0.783. The van der Waals surface area contributed by atoms with Crippen molar-refractivity contribution in [2.24, 2.45) is 0 Å². The van der Waals surface area contributed by atoms with Crippen LogP contribution in [0.1, 0.15) is 34.7 Å². The van der Waals surface area contributed by atoms with Gasteiger partial charge in [0.1, 0.15) is 31.2 Å². The lowest BCUT2D eigenvalue weighted by atomic mass is 9.95. The van der Waals surface area contributed by atoms with Crippen molar-refractivity contribution in [3.05, 3.63) is 101 Å². The molecule has 0 aromatic heterocycles. The standard InChI is InChI=1S/C33H36N2O6/c1-23-6-3-7-24(20-23)22-41-27-12-10-25(11-13-27)31(36)29-30(26-8-4-9-28(21-26)39-2)35(33(38)32(29)37)15-5-14-34-16-18-40-19-17-34/h3-4,6-13,20-21,30,36H,5,14-19,22H2,1-2H3/b31-29+. The number of methoxy groups -OCH3 is 1. The second-order valence-corrected chi connectivity index (χ2v) is 10.5. The second kappa shape index (κ2) is 13.0. The van der Waals surface area contributed by atoms with Crippen molar-refractivity contribution in [1.29, 1.82) is 0 Å². The molecule has 8 heteroatoms. The molecule has 1 unspecified atom stereocenters. The van der Waals surface area contributed by atoms with Crippen LogP contribution in [0.4, 0.5) is 0 Å².